The number of halogens is 1. The third-order valence-electron chi connectivity index (χ3n) is 4.90. The van der Waals surface area contributed by atoms with Gasteiger partial charge in [-0.1, -0.05) is 15.9 Å². The summed E-state index contributed by atoms with van der Waals surface area (Å²) in [6.07, 6.45) is 1.78. The van der Waals surface area contributed by atoms with Crippen LogP contribution in [0.4, 0.5) is 16.2 Å². The summed E-state index contributed by atoms with van der Waals surface area (Å²) < 4.78 is 6.53. The second-order valence-corrected chi connectivity index (χ2v) is 8.09. The van der Waals surface area contributed by atoms with Crippen molar-refractivity contribution in [2.75, 3.05) is 30.3 Å². The summed E-state index contributed by atoms with van der Waals surface area (Å²) in [6.45, 7) is 0.147. The molecule has 0 aromatic heterocycles. The summed E-state index contributed by atoms with van der Waals surface area (Å²) >= 11 is 3.41. The van der Waals surface area contributed by atoms with Crippen LogP contribution >= 0.6 is 15.9 Å². The molecule has 2 aliphatic rings. The molecule has 0 atom stereocenters. The molecule has 0 radical (unpaired) electrons. The van der Waals surface area contributed by atoms with Crippen LogP contribution in [0.25, 0.3) is 6.08 Å². The zero-order valence-electron chi connectivity index (χ0n) is 16.8. The highest BCUT2D eigenvalue weighted by Crippen LogP contribution is 2.29. The van der Waals surface area contributed by atoms with Crippen molar-refractivity contribution in [3.05, 3.63) is 58.1 Å². The lowest BCUT2D eigenvalue weighted by atomic mass is 10.1. The molecular formula is C22H19BrN4O5. The van der Waals surface area contributed by atoms with E-state index in [1.807, 2.05) is 18.2 Å². The van der Waals surface area contributed by atoms with Crippen LogP contribution in [0.5, 0.6) is 5.75 Å². The maximum Gasteiger partial charge on any atom is 0.324 e. The monoisotopic (exact) mass is 498 g/mol. The van der Waals surface area contributed by atoms with Gasteiger partial charge in [-0.3, -0.25) is 19.3 Å². The van der Waals surface area contributed by atoms with Crippen molar-refractivity contribution in [2.45, 2.75) is 6.42 Å². The number of imide groups is 1. The van der Waals surface area contributed by atoms with Crippen LogP contribution in [-0.4, -0.2) is 48.3 Å². The van der Waals surface area contributed by atoms with Crippen molar-refractivity contribution in [2.24, 2.45) is 0 Å². The molecule has 10 heteroatoms. The van der Waals surface area contributed by atoms with Crippen LogP contribution < -0.4 is 20.7 Å². The molecule has 2 heterocycles. The van der Waals surface area contributed by atoms with E-state index >= 15 is 0 Å². The fourth-order valence-electron chi connectivity index (χ4n) is 3.25. The summed E-state index contributed by atoms with van der Waals surface area (Å²) in [7, 11) is 0. The van der Waals surface area contributed by atoms with E-state index in [9.17, 15) is 19.2 Å². The largest absolute Gasteiger partial charge is 0.488 e. The lowest BCUT2D eigenvalue weighted by Crippen LogP contribution is -2.33. The molecule has 3 N–H and O–H groups in total. The Hall–Kier alpha value is -3.66. The zero-order chi connectivity index (χ0) is 22.7. The van der Waals surface area contributed by atoms with Gasteiger partial charge in [-0.15, -0.1) is 0 Å². The van der Waals surface area contributed by atoms with Gasteiger partial charge < -0.3 is 20.7 Å². The first-order chi connectivity index (χ1) is 15.4. The lowest BCUT2D eigenvalue weighted by Gasteiger charge is -2.18. The van der Waals surface area contributed by atoms with Crippen molar-refractivity contribution in [1.82, 2.24) is 10.2 Å². The van der Waals surface area contributed by atoms with Gasteiger partial charge in [0, 0.05) is 34.4 Å². The molecule has 1 fully saturated rings. The van der Waals surface area contributed by atoms with Crippen molar-refractivity contribution in [3.63, 3.8) is 0 Å². The average molecular weight is 499 g/mol. The number of nitrogens with zero attached hydrogens (tertiary/aromatic N) is 1. The van der Waals surface area contributed by atoms with Crippen molar-refractivity contribution < 1.29 is 23.9 Å². The molecule has 5 amide bonds. The first-order valence-electron chi connectivity index (χ1n) is 9.81. The molecule has 0 unspecified atom stereocenters. The van der Waals surface area contributed by atoms with Crippen molar-refractivity contribution >= 4 is 57.1 Å². The van der Waals surface area contributed by atoms with E-state index < -0.39 is 6.03 Å². The third-order valence-corrected chi connectivity index (χ3v) is 5.40. The Balaban J connectivity index is 1.31. The highest BCUT2D eigenvalue weighted by Gasteiger charge is 2.28. The van der Waals surface area contributed by atoms with E-state index in [0.717, 1.165) is 20.7 Å². The predicted molar refractivity (Wildman–Crippen MR) is 121 cm³/mol. The number of ether oxygens (including phenoxy) is 1. The van der Waals surface area contributed by atoms with E-state index in [4.69, 9.17) is 4.74 Å². The maximum absolute atomic E-state index is 12.6. The molecule has 4 rings (SSSR count). The van der Waals surface area contributed by atoms with Gasteiger partial charge in [0.05, 0.1) is 12.1 Å². The normalized spacial score (nSPS) is 14.8. The van der Waals surface area contributed by atoms with Gasteiger partial charge in [0.2, 0.25) is 11.8 Å². The zero-order valence-corrected chi connectivity index (χ0v) is 18.4. The number of amides is 5. The molecule has 0 aliphatic carbocycles. The Morgan fingerprint density at radius 3 is 2.47 bits per heavy atom. The summed E-state index contributed by atoms with van der Waals surface area (Å²) in [6, 6.07) is 11.7. The first-order valence-corrected chi connectivity index (χ1v) is 10.6. The van der Waals surface area contributed by atoms with Gasteiger partial charge in [-0.25, -0.2) is 4.79 Å². The number of carbonyl (C=O) groups excluding carboxylic acids is 4. The number of benzene rings is 2. The average Bonchev–Trinajstić information content (AvgIpc) is 3.10. The second-order valence-electron chi connectivity index (χ2n) is 7.17. The Bertz CT molecular complexity index is 1110. The minimum Gasteiger partial charge on any atom is -0.488 e. The summed E-state index contributed by atoms with van der Waals surface area (Å²) in [4.78, 5) is 48.7. The van der Waals surface area contributed by atoms with Crippen LogP contribution in [0.3, 0.4) is 0 Å². The topological polar surface area (TPSA) is 117 Å². The smallest absolute Gasteiger partial charge is 0.324 e. The van der Waals surface area contributed by atoms with Crippen LogP contribution in [0, 0.1) is 0 Å². The van der Waals surface area contributed by atoms with Gasteiger partial charge in [0.15, 0.2) is 0 Å². The van der Waals surface area contributed by atoms with Crippen LogP contribution in [-0.2, 0) is 14.4 Å². The van der Waals surface area contributed by atoms with Gasteiger partial charge in [-0.05, 0) is 48.5 Å². The quantitative estimate of drug-likeness (QED) is 0.529. The minimum absolute atomic E-state index is 0.0105. The van der Waals surface area contributed by atoms with Crippen LogP contribution in [0.2, 0.25) is 0 Å². The Morgan fingerprint density at radius 2 is 1.78 bits per heavy atom. The third kappa shape index (κ3) is 4.97. The molecule has 2 aromatic carbocycles. The molecule has 32 heavy (non-hydrogen) atoms. The Labute approximate surface area is 191 Å². The van der Waals surface area contributed by atoms with E-state index in [-0.39, 0.29) is 43.8 Å². The lowest BCUT2D eigenvalue weighted by molar-refractivity contribution is -0.125. The second kappa shape index (κ2) is 9.23. The number of nitrogens with one attached hydrogen (secondary N) is 3. The van der Waals surface area contributed by atoms with Gasteiger partial charge in [-0.2, -0.15) is 0 Å². The highest BCUT2D eigenvalue weighted by molar-refractivity contribution is 9.10. The van der Waals surface area contributed by atoms with E-state index in [2.05, 4.69) is 31.9 Å². The number of carbonyl (C=O) groups is 4. The van der Waals surface area contributed by atoms with Gasteiger partial charge >= 0.3 is 6.03 Å². The molecule has 9 nitrogen and oxygen atoms in total. The standard InChI is InChI=1S/C22H19BrN4O5/c23-15-1-6-18-13(10-15)9-14(12-32-18)21(30)26-17-4-2-16(3-5-17)25-19(28)7-8-27-20(29)11-24-22(27)31/h1-6,9-10H,7-8,11-12H2,(H,24,31)(H,25,28)(H,26,30). The van der Waals surface area contributed by atoms with Crippen molar-refractivity contribution in [1.29, 1.82) is 0 Å². The first kappa shape index (κ1) is 21.6. The summed E-state index contributed by atoms with van der Waals surface area (Å²) in [5.74, 6) is -0.235. The molecular weight excluding hydrogens is 480 g/mol. The SMILES string of the molecule is O=C(CCN1C(=O)CNC1=O)Nc1ccc(NC(=O)C2=Cc3cc(Br)ccc3OC2)cc1. The van der Waals surface area contributed by atoms with E-state index in [0.29, 0.717) is 16.9 Å². The van der Waals surface area contributed by atoms with Crippen molar-refractivity contribution in [3.8, 4) is 5.75 Å². The molecule has 1 saturated heterocycles. The Morgan fingerprint density at radius 1 is 1.06 bits per heavy atom. The number of hydrogen-bond acceptors (Lipinski definition) is 5. The minimum atomic E-state index is -0.488. The Kier molecular flexibility index (Phi) is 6.22. The molecule has 164 valence electrons. The fourth-order valence-corrected chi connectivity index (χ4v) is 3.63. The molecule has 2 aliphatic heterocycles. The molecule has 0 saturated carbocycles. The highest BCUT2D eigenvalue weighted by atomic mass is 79.9. The fraction of sp³-hybridized carbons (Fsp3) is 0.182. The molecule has 2 aromatic rings. The summed E-state index contributed by atoms with van der Waals surface area (Å²) in [5, 5.41) is 7.91. The van der Waals surface area contributed by atoms with Crippen LogP contribution in [0.1, 0.15) is 12.0 Å². The molecule has 0 spiro atoms. The number of anilines is 2. The van der Waals surface area contributed by atoms with Crippen LogP contribution in [0.15, 0.2) is 52.5 Å². The number of hydrogen-bond donors (Lipinski definition) is 3. The van der Waals surface area contributed by atoms with E-state index in [1.165, 1.54) is 0 Å². The summed E-state index contributed by atoms with van der Waals surface area (Å²) in [5.41, 5.74) is 2.41. The number of urea groups is 1. The maximum atomic E-state index is 12.6. The van der Waals surface area contributed by atoms with E-state index in [1.54, 1.807) is 30.3 Å². The number of fused-ring (bicyclic) bond motifs is 1. The molecule has 0 bridgehead atoms. The van der Waals surface area contributed by atoms with Gasteiger partial charge in [0.1, 0.15) is 12.4 Å². The predicted octanol–water partition coefficient (Wildman–Crippen LogP) is 2.74. The van der Waals surface area contributed by atoms with Gasteiger partial charge in [0.25, 0.3) is 5.91 Å². The number of rotatable bonds is 6.